The Labute approximate surface area is 80.4 Å². The number of halogens is 1. The van der Waals surface area contributed by atoms with Gasteiger partial charge >= 0.3 is 5.97 Å². The van der Waals surface area contributed by atoms with Crippen molar-refractivity contribution in [1.29, 1.82) is 0 Å². The van der Waals surface area contributed by atoms with Gasteiger partial charge in [-0.25, -0.2) is 9.18 Å². The molecule has 1 aliphatic rings. The number of benzene rings is 1. The molecule has 2 rings (SSSR count). The van der Waals surface area contributed by atoms with Gasteiger partial charge in [0, 0.05) is 5.56 Å². The molecule has 14 heavy (non-hydrogen) atoms. The van der Waals surface area contributed by atoms with Crippen molar-refractivity contribution in [3.63, 3.8) is 0 Å². The van der Waals surface area contributed by atoms with Gasteiger partial charge in [-0.1, -0.05) is 18.2 Å². The number of hydrogen-bond acceptors (Lipinski definition) is 3. The summed E-state index contributed by atoms with van der Waals surface area (Å²) in [4.78, 5) is 11.0. The second-order valence-electron chi connectivity index (χ2n) is 3.02. The van der Waals surface area contributed by atoms with Crippen molar-refractivity contribution < 1.29 is 18.7 Å². The average Bonchev–Trinajstić information content (AvgIpc) is 2.97. The maximum atomic E-state index is 13.2. The second-order valence-corrected chi connectivity index (χ2v) is 3.02. The van der Waals surface area contributed by atoms with E-state index in [0.717, 1.165) is 0 Å². The number of rotatable bonds is 2. The van der Waals surface area contributed by atoms with Gasteiger partial charge in [-0.3, -0.25) is 0 Å². The SMILES string of the molecule is COC(=O)[C@@H]1O[C@@H]1c1ccccc1F. The Balaban J connectivity index is 2.13. The van der Waals surface area contributed by atoms with E-state index in [1.165, 1.54) is 13.2 Å². The molecular formula is C10H9FO3. The Hall–Kier alpha value is -1.42. The van der Waals surface area contributed by atoms with Crippen molar-refractivity contribution in [2.24, 2.45) is 0 Å². The van der Waals surface area contributed by atoms with Crippen molar-refractivity contribution >= 4 is 5.97 Å². The number of methoxy groups -OCH3 is 1. The van der Waals surface area contributed by atoms with Crippen LogP contribution in [0.1, 0.15) is 11.7 Å². The molecule has 0 radical (unpaired) electrons. The molecule has 1 aromatic rings. The molecule has 74 valence electrons. The summed E-state index contributed by atoms with van der Waals surface area (Å²) in [6.45, 7) is 0. The first-order valence-corrected chi connectivity index (χ1v) is 4.21. The van der Waals surface area contributed by atoms with Crippen LogP contribution in [-0.2, 0) is 14.3 Å². The van der Waals surface area contributed by atoms with Crippen molar-refractivity contribution in [3.05, 3.63) is 35.6 Å². The molecule has 0 unspecified atom stereocenters. The summed E-state index contributed by atoms with van der Waals surface area (Å²) in [5, 5.41) is 0. The van der Waals surface area contributed by atoms with Crippen LogP contribution in [0.2, 0.25) is 0 Å². The maximum Gasteiger partial charge on any atom is 0.338 e. The first-order valence-electron chi connectivity index (χ1n) is 4.21. The Kier molecular flexibility index (Phi) is 2.21. The third kappa shape index (κ3) is 1.48. The fraction of sp³-hybridized carbons (Fsp3) is 0.300. The highest BCUT2D eigenvalue weighted by Crippen LogP contribution is 2.40. The minimum absolute atomic E-state index is 0.357. The zero-order valence-electron chi connectivity index (χ0n) is 7.57. The third-order valence-corrected chi connectivity index (χ3v) is 2.14. The largest absolute Gasteiger partial charge is 0.467 e. The van der Waals surface area contributed by atoms with Crippen molar-refractivity contribution in [1.82, 2.24) is 0 Å². The lowest BCUT2D eigenvalue weighted by molar-refractivity contribution is -0.142. The van der Waals surface area contributed by atoms with Gasteiger partial charge in [-0.15, -0.1) is 0 Å². The zero-order valence-corrected chi connectivity index (χ0v) is 7.57. The first-order chi connectivity index (χ1) is 6.74. The van der Waals surface area contributed by atoms with Crippen LogP contribution in [0, 0.1) is 5.82 Å². The smallest absolute Gasteiger partial charge is 0.338 e. The van der Waals surface area contributed by atoms with E-state index in [1.54, 1.807) is 18.2 Å². The Morgan fingerprint density at radius 2 is 2.21 bits per heavy atom. The normalized spacial score (nSPS) is 24.4. The minimum Gasteiger partial charge on any atom is -0.467 e. The number of esters is 1. The molecule has 1 heterocycles. The molecule has 0 N–H and O–H groups in total. The van der Waals surface area contributed by atoms with Gasteiger partial charge in [0.05, 0.1) is 7.11 Å². The van der Waals surface area contributed by atoms with E-state index < -0.39 is 18.2 Å². The number of carbonyl (C=O) groups excluding carboxylic acids is 1. The van der Waals surface area contributed by atoms with E-state index in [-0.39, 0.29) is 5.82 Å². The second kappa shape index (κ2) is 3.38. The number of ether oxygens (including phenoxy) is 2. The molecule has 1 aromatic carbocycles. The van der Waals surface area contributed by atoms with Crippen molar-refractivity contribution in [2.75, 3.05) is 7.11 Å². The molecule has 1 aliphatic heterocycles. The van der Waals surface area contributed by atoms with Crippen LogP contribution < -0.4 is 0 Å². The molecular weight excluding hydrogens is 187 g/mol. The summed E-state index contributed by atoms with van der Waals surface area (Å²) < 4.78 is 22.7. The summed E-state index contributed by atoms with van der Waals surface area (Å²) in [7, 11) is 1.28. The van der Waals surface area contributed by atoms with Crippen LogP contribution in [0.3, 0.4) is 0 Å². The van der Waals surface area contributed by atoms with Gasteiger partial charge in [0.25, 0.3) is 0 Å². The number of carbonyl (C=O) groups is 1. The van der Waals surface area contributed by atoms with E-state index in [0.29, 0.717) is 5.56 Å². The van der Waals surface area contributed by atoms with Gasteiger partial charge in [0.1, 0.15) is 11.9 Å². The van der Waals surface area contributed by atoms with Crippen LogP contribution in [-0.4, -0.2) is 19.2 Å². The van der Waals surface area contributed by atoms with Gasteiger partial charge in [-0.2, -0.15) is 0 Å². The molecule has 1 fully saturated rings. The monoisotopic (exact) mass is 196 g/mol. The molecule has 0 bridgehead atoms. The van der Waals surface area contributed by atoms with Gasteiger partial charge < -0.3 is 9.47 Å². The van der Waals surface area contributed by atoms with Crippen LogP contribution in [0.4, 0.5) is 4.39 Å². The predicted octanol–water partition coefficient (Wildman–Crippen LogP) is 1.44. The molecule has 0 aliphatic carbocycles. The summed E-state index contributed by atoms with van der Waals surface area (Å²) in [6.07, 6.45) is -1.12. The summed E-state index contributed by atoms with van der Waals surface area (Å²) in [6, 6.07) is 6.23. The van der Waals surface area contributed by atoms with E-state index in [2.05, 4.69) is 4.74 Å². The molecule has 0 spiro atoms. The van der Waals surface area contributed by atoms with Crippen LogP contribution in [0.25, 0.3) is 0 Å². The van der Waals surface area contributed by atoms with Gasteiger partial charge in [-0.05, 0) is 6.07 Å². The molecule has 1 saturated heterocycles. The van der Waals surface area contributed by atoms with Crippen LogP contribution >= 0.6 is 0 Å². The Bertz CT molecular complexity index is 364. The molecule has 4 heteroatoms. The zero-order chi connectivity index (χ0) is 10.1. The fourth-order valence-corrected chi connectivity index (χ4v) is 1.35. The Morgan fingerprint density at radius 1 is 1.50 bits per heavy atom. The predicted molar refractivity (Wildman–Crippen MR) is 46.0 cm³/mol. The summed E-state index contributed by atoms with van der Waals surface area (Å²) in [5.74, 6) is -0.817. The molecule has 0 saturated carbocycles. The maximum absolute atomic E-state index is 13.2. The van der Waals surface area contributed by atoms with E-state index in [9.17, 15) is 9.18 Å². The van der Waals surface area contributed by atoms with E-state index in [1.807, 2.05) is 0 Å². The summed E-state index contributed by atoms with van der Waals surface area (Å²) >= 11 is 0. The Morgan fingerprint density at radius 3 is 2.86 bits per heavy atom. The fourth-order valence-electron chi connectivity index (χ4n) is 1.35. The highest BCUT2D eigenvalue weighted by Gasteiger charge is 2.48. The number of hydrogen-bond donors (Lipinski definition) is 0. The molecule has 2 atom stereocenters. The summed E-state index contributed by atoms with van der Waals surface area (Å²) in [5.41, 5.74) is 0.405. The minimum atomic E-state index is -0.642. The lowest BCUT2D eigenvalue weighted by atomic mass is 10.1. The lowest BCUT2D eigenvalue weighted by Gasteiger charge is -1.97. The highest BCUT2D eigenvalue weighted by molar-refractivity contribution is 5.78. The van der Waals surface area contributed by atoms with Crippen LogP contribution in [0.15, 0.2) is 24.3 Å². The van der Waals surface area contributed by atoms with Gasteiger partial charge in [0.15, 0.2) is 6.10 Å². The number of epoxide rings is 1. The highest BCUT2D eigenvalue weighted by atomic mass is 19.1. The van der Waals surface area contributed by atoms with Gasteiger partial charge in [0.2, 0.25) is 0 Å². The van der Waals surface area contributed by atoms with E-state index in [4.69, 9.17) is 4.74 Å². The molecule has 0 amide bonds. The first kappa shape index (κ1) is 9.15. The topological polar surface area (TPSA) is 38.8 Å². The third-order valence-electron chi connectivity index (χ3n) is 2.14. The molecule has 3 nitrogen and oxygen atoms in total. The average molecular weight is 196 g/mol. The standard InChI is InChI=1S/C10H9FO3/c1-13-10(12)9-8(14-9)6-4-2-3-5-7(6)11/h2-5,8-9H,1H3/t8-,9-/m1/s1. The van der Waals surface area contributed by atoms with E-state index >= 15 is 0 Å². The van der Waals surface area contributed by atoms with Crippen molar-refractivity contribution in [3.8, 4) is 0 Å². The molecule has 0 aromatic heterocycles. The lowest BCUT2D eigenvalue weighted by Crippen LogP contribution is -2.09. The van der Waals surface area contributed by atoms with Crippen LogP contribution in [0.5, 0.6) is 0 Å². The quantitative estimate of drug-likeness (QED) is 0.530. The van der Waals surface area contributed by atoms with Crippen molar-refractivity contribution in [2.45, 2.75) is 12.2 Å².